The zero-order valence-electron chi connectivity index (χ0n) is 7.41. The van der Waals surface area contributed by atoms with Crippen molar-refractivity contribution >= 4 is 27.5 Å². The van der Waals surface area contributed by atoms with E-state index in [4.69, 9.17) is 11.6 Å². The highest BCUT2D eigenvalue weighted by atomic mass is 79.9. The summed E-state index contributed by atoms with van der Waals surface area (Å²) in [7, 11) is 0. The third-order valence-electron chi connectivity index (χ3n) is 1.78. The molecule has 0 saturated heterocycles. The van der Waals surface area contributed by atoms with Gasteiger partial charge in [-0.05, 0) is 41.1 Å². The molecule has 0 atom stereocenters. The van der Waals surface area contributed by atoms with E-state index in [0.29, 0.717) is 5.15 Å². The largest absolute Gasteiger partial charge is 0.219 e. The van der Waals surface area contributed by atoms with Crippen LogP contribution >= 0.6 is 27.5 Å². The Kier molecular flexibility index (Phi) is 2.56. The second-order valence-corrected chi connectivity index (χ2v) is 4.04. The minimum atomic E-state index is 0.466. The topological polar surface area (TPSA) is 30.7 Å². The van der Waals surface area contributed by atoms with Crippen LogP contribution in [0.2, 0.25) is 5.15 Å². The van der Waals surface area contributed by atoms with Crippen LogP contribution in [0.3, 0.4) is 0 Å². The quantitative estimate of drug-likeness (QED) is 0.747. The smallest absolute Gasteiger partial charge is 0.155 e. The van der Waals surface area contributed by atoms with E-state index in [-0.39, 0.29) is 0 Å². The Bertz CT molecular complexity index is 467. The molecule has 72 valence electrons. The molecule has 0 aliphatic carbocycles. The highest BCUT2D eigenvalue weighted by molar-refractivity contribution is 9.10. The SMILES string of the molecule is Cc1cc(Br)nn1-c1cccc(Cl)n1. The van der Waals surface area contributed by atoms with Crippen LogP contribution < -0.4 is 0 Å². The number of aromatic nitrogens is 3. The molecule has 0 unspecified atom stereocenters. The number of rotatable bonds is 1. The number of aryl methyl sites for hydroxylation is 1. The fourth-order valence-electron chi connectivity index (χ4n) is 1.18. The minimum Gasteiger partial charge on any atom is -0.219 e. The first-order valence-electron chi connectivity index (χ1n) is 4.02. The summed E-state index contributed by atoms with van der Waals surface area (Å²) in [4.78, 5) is 4.16. The summed E-state index contributed by atoms with van der Waals surface area (Å²) < 4.78 is 2.52. The van der Waals surface area contributed by atoms with E-state index in [2.05, 4.69) is 26.0 Å². The zero-order chi connectivity index (χ0) is 10.1. The molecule has 0 N–H and O–H groups in total. The van der Waals surface area contributed by atoms with Crippen LogP contribution in [0.1, 0.15) is 5.69 Å². The van der Waals surface area contributed by atoms with Gasteiger partial charge in [0, 0.05) is 5.69 Å². The Morgan fingerprint density at radius 1 is 1.43 bits per heavy atom. The molecule has 2 aromatic heterocycles. The predicted octanol–water partition coefficient (Wildman–Crippen LogP) is 2.99. The first kappa shape index (κ1) is 9.68. The summed E-state index contributed by atoms with van der Waals surface area (Å²) in [5.41, 5.74) is 1.01. The fourth-order valence-corrected chi connectivity index (χ4v) is 1.83. The van der Waals surface area contributed by atoms with E-state index in [1.165, 1.54) is 0 Å². The molecule has 3 nitrogen and oxygen atoms in total. The predicted molar refractivity (Wildman–Crippen MR) is 58.8 cm³/mol. The molecule has 0 aliphatic rings. The van der Waals surface area contributed by atoms with Crippen molar-refractivity contribution in [2.75, 3.05) is 0 Å². The Hall–Kier alpha value is -0.870. The minimum absolute atomic E-state index is 0.466. The van der Waals surface area contributed by atoms with Crippen LogP contribution in [-0.2, 0) is 0 Å². The molecule has 2 aromatic rings. The maximum absolute atomic E-state index is 5.79. The molecule has 0 aromatic carbocycles. The van der Waals surface area contributed by atoms with Crippen LogP contribution in [-0.4, -0.2) is 14.8 Å². The summed E-state index contributed by atoms with van der Waals surface area (Å²) in [5, 5.41) is 4.70. The molecule has 0 saturated carbocycles. The van der Waals surface area contributed by atoms with Crippen molar-refractivity contribution in [2.24, 2.45) is 0 Å². The normalized spacial score (nSPS) is 10.5. The van der Waals surface area contributed by atoms with Crippen LogP contribution in [0.15, 0.2) is 28.9 Å². The van der Waals surface area contributed by atoms with Crippen LogP contribution in [0.25, 0.3) is 5.82 Å². The van der Waals surface area contributed by atoms with Crippen molar-refractivity contribution in [3.8, 4) is 5.82 Å². The van der Waals surface area contributed by atoms with Gasteiger partial charge in [-0.25, -0.2) is 9.67 Å². The zero-order valence-corrected chi connectivity index (χ0v) is 9.75. The molecule has 0 radical (unpaired) electrons. The summed E-state index contributed by atoms with van der Waals surface area (Å²) in [6.45, 7) is 1.96. The maximum Gasteiger partial charge on any atom is 0.155 e. The third-order valence-corrected chi connectivity index (χ3v) is 2.37. The van der Waals surface area contributed by atoms with Gasteiger partial charge >= 0.3 is 0 Å². The molecule has 0 spiro atoms. The van der Waals surface area contributed by atoms with E-state index in [0.717, 1.165) is 16.1 Å². The first-order valence-corrected chi connectivity index (χ1v) is 5.19. The lowest BCUT2D eigenvalue weighted by Gasteiger charge is -2.02. The Labute approximate surface area is 94.9 Å². The average molecular weight is 273 g/mol. The molecule has 0 aliphatic heterocycles. The fraction of sp³-hybridized carbons (Fsp3) is 0.111. The number of hydrogen-bond donors (Lipinski definition) is 0. The molecule has 0 fully saturated rings. The lowest BCUT2D eigenvalue weighted by molar-refractivity contribution is 0.811. The molecule has 2 heterocycles. The summed E-state index contributed by atoms with van der Waals surface area (Å²) in [6.07, 6.45) is 0. The number of halogens is 2. The van der Waals surface area contributed by atoms with E-state index >= 15 is 0 Å². The summed E-state index contributed by atoms with van der Waals surface area (Å²) in [6, 6.07) is 7.36. The molecular formula is C9H7BrClN3. The van der Waals surface area contributed by atoms with Gasteiger partial charge in [0.1, 0.15) is 9.76 Å². The molecule has 5 heteroatoms. The monoisotopic (exact) mass is 271 g/mol. The maximum atomic E-state index is 5.79. The van der Waals surface area contributed by atoms with Gasteiger partial charge in [-0.2, -0.15) is 5.10 Å². The lowest BCUT2D eigenvalue weighted by Crippen LogP contribution is -2.01. The van der Waals surface area contributed by atoms with Crippen molar-refractivity contribution in [3.05, 3.63) is 39.7 Å². The first-order chi connectivity index (χ1) is 6.66. The van der Waals surface area contributed by atoms with Crippen LogP contribution in [0.4, 0.5) is 0 Å². The van der Waals surface area contributed by atoms with Gasteiger partial charge in [-0.15, -0.1) is 0 Å². The standard InChI is InChI=1S/C9H7BrClN3/c1-6-5-7(10)13-14(6)9-4-2-3-8(11)12-9/h2-5H,1H3. The van der Waals surface area contributed by atoms with Gasteiger partial charge in [0.25, 0.3) is 0 Å². The van der Waals surface area contributed by atoms with Crippen molar-refractivity contribution in [2.45, 2.75) is 6.92 Å². The summed E-state index contributed by atoms with van der Waals surface area (Å²) >= 11 is 9.10. The lowest BCUT2D eigenvalue weighted by atomic mass is 10.4. The van der Waals surface area contributed by atoms with Gasteiger partial charge in [-0.1, -0.05) is 17.7 Å². The summed E-state index contributed by atoms with van der Waals surface area (Å²) in [5.74, 6) is 0.723. The van der Waals surface area contributed by atoms with Gasteiger partial charge in [0.2, 0.25) is 0 Å². The van der Waals surface area contributed by atoms with Gasteiger partial charge < -0.3 is 0 Å². The van der Waals surface area contributed by atoms with Crippen LogP contribution in [0.5, 0.6) is 0 Å². The Morgan fingerprint density at radius 3 is 2.79 bits per heavy atom. The molecule has 14 heavy (non-hydrogen) atoms. The average Bonchev–Trinajstić information content (AvgIpc) is 2.45. The molecular weight excluding hydrogens is 265 g/mol. The highest BCUT2D eigenvalue weighted by Gasteiger charge is 2.05. The van der Waals surface area contributed by atoms with Crippen molar-refractivity contribution in [3.63, 3.8) is 0 Å². The Morgan fingerprint density at radius 2 is 2.21 bits per heavy atom. The van der Waals surface area contributed by atoms with E-state index in [1.54, 1.807) is 10.7 Å². The van der Waals surface area contributed by atoms with Crippen LogP contribution in [0, 0.1) is 6.92 Å². The highest BCUT2D eigenvalue weighted by Crippen LogP contribution is 2.15. The van der Waals surface area contributed by atoms with E-state index in [9.17, 15) is 0 Å². The number of pyridine rings is 1. The second-order valence-electron chi connectivity index (χ2n) is 2.84. The van der Waals surface area contributed by atoms with Gasteiger partial charge in [0.15, 0.2) is 5.82 Å². The van der Waals surface area contributed by atoms with Gasteiger partial charge in [0.05, 0.1) is 0 Å². The van der Waals surface area contributed by atoms with Crippen molar-refractivity contribution in [1.82, 2.24) is 14.8 Å². The number of hydrogen-bond acceptors (Lipinski definition) is 2. The van der Waals surface area contributed by atoms with E-state index < -0.39 is 0 Å². The van der Waals surface area contributed by atoms with Gasteiger partial charge in [-0.3, -0.25) is 0 Å². The Balaban J connectivity index is 2.54. The van der Waals surface area contributed by atoms with Crippen molar-refractivity contribution < 1.29 is 0 Å². The van der Waals surface area contributed by atoms with E-state index in [1.807, 2.05) is 25.1 Å². The molecule has 2 rings (SSSR count). The third kappa shape index (κ3) is 1.81. The number of nitrogens with zero attached hydrogens (tertiary/aromatic N) is 3. The van der Waals surface area contributed by atoms with Crippen molar-refractivity contribution in [1.29, 1.82) is 0 Å². The molecule has 0 amide bonds. The second kappa shape index (κ2) is 3.71. The molecule has 0 bridgehead atoms.